The van der Waals surface area contributed by atoms with Gasteiger partial charge in [0.1, 0.15) is 6.10 Å². The highest BCUT2D eigenvalue weighted by atomic mass is 16.5. The number of ether oxygens (including phenoxy) is 1. The van der Waals surface area contributed by atoms with E-state index in [9.17, 15) is 19.8 Å². The molecule has 6 heteroatoms. The summed E-state index contributed by atoms with van der Waals surface area (Å²) >= 11 is 0. The minimum absolute atomic E-state index is 0.0110. The Morgan fingerprint density at radius 1 is 0.448 bits per heavy atom. The molecule has 0 bridgehead atoms. The van der Waals surface area contributed by atoms with Crippen molar-refractivity contribution in [3.63, 3.8) is 0 Å². The first-order valence-electron chi connectivity index (χ1n) is 27.6. The molecule has 0 saturated heterocycles. The van der Waals surface area contributed by atoms with Crippen LogP contribution < -0.4 is 5.32 Å². The topological polar surface area (TPSA) is 95.9 Å². The zero-order chi connectivity index (χ0) is 48.8. The summed E-state index contributed by atoms with van der Waals surface area (Å²) in [7, 11) is 0. The lowest BCUT2D eigenvalue weighted by molar-refractivity contribution is -0.151. The number of rotatable bonds is 48. The monoisotopic (exact) mass is 930 g/mol. The molecule has 0 aromatic rings. The molecule has 0 aromatic carbocycles. The first kappa shape index (κ1) is 63.5. The van der Waals surface area contributed by atoms with E-state index >= 15 is 0 Å². The van der Waals surface area contributed by atoms with E-state index in [-0.39, 0.29) is 24.9 Å². The van der Waals surface area contributed by atoms with Crippen LogP contribution in [0.2, 0.25) is 0 Å². The number of nitrogens with one attached hydrogen (secondary N) is 1. The molecule has 6 nitrogen and oxygen atoms in total. The molecule has 0 radical (unpaired) electrons. The number of carbonyl (C=O) groups is 2. The predicted octanol–water partition coefficient (Wildman–Crippen LogP) is 17.1. The number of carbonyl (C=O) groups excluding carboxylic acids is 2. The summed E-state index contributed by atoms with van der Waals surface area (Å²) in [4.78, 5) is 26.2. The summed E-state index contributed by atoms with van der Waals surface area (Å²) in [6, 6.07) is -0.738. The molecule has 0 heterocycles. The molecule has 0 aliphatic heterocycles. The largest absolute Gasteiger partial charge is 0.462 e. The second-order valence-electron chi connectivity index (χ2n) is 18.2. The first-order chi connectivity index (χ1) is 33.0. The fourth-order valence-corrected chi connectivity index (χ4v) is 7.76. The quantitative estimate of drug-likeness (QED) is 0.0321. The molecule has 0 rings (SSSR count). The van der Waals surface area contributed by atoms with Crippen LogP contribution in [-0.2, 0) is 14.3 Å². The number of hydrogen-bond acceptors (Lipinski definition) is 5. The van der Waals surface area contributed by atoms with Crippen LogP contribution >= 0.6 is 0 Å². The van der Waals surface area contributed by atoms with E-state index < -0.39 is 18.2 Å². The summed E-state index contributed by atoms with van der Waals surface area (Å²) in [6.07, 6.45) is 73.0. The maximum absolute atomic E-state index is 13.2. The van der Waals surface area contributed by atoms with Crippen molar-refractivity contribution >= 4 is 11.9 Å². The van der Waals surface area contributed by atoms with E-state index in [1.54, 1.807) is 0 Å². The highest BCUT2D eigenvalue weighted by Crippen LogP contribution is 2.17. The Balaban J connectivity index is 4.70. The van der Waals surface area contributed by atoms with E-state index in [0.29, 0.717) is 25.7 Å². The first-order valence-corrected chi connectivity index (χ1v) is 27.6. The lowest BCUT2D eigenvalue weighted by Crippen LogP contribution is -2.46. The second kappa shape index (κ2) is 53.5. The van der Waals surface area contributed by atoms with Crippen molar-refractivity contribution in [2.45, 2.75) is 257 Å². The molecular weight excluding hydrogens is 827 g/mol. The van der Waals surface area contributed by atoms with E-state index in [0.717, 1.165) is 96.3 Å². The molecule has 67 heavy (non-hydrogen) atoms. The van der Waals surface area contributed by atoms with E-state index in [2.05, 4.69) is 135 Å². The number of esters is 1. The summed E-state index contributed by atoms with van der Waals surface area (Å²) in [5, 5.41) is 23.8. The molecule has 0 aromatic heterocycles. The van der Waals surface area contributed by atoms with E-state index in [4.69, 9.17) is 4.74 Å². The SMILES string of the molecule is CC/C=C\C/C=C\C/C=C\C/C=C\C/C=C\CCCC(=O)OC(CCC/C=C/C/C=C/C/C=C/C/C=C/CC)CC(=O)NC(CO)C(O)CCCCCCCCCCCCCCCCCCC. The molecule has 0 aliphatic carbocycles. The van der Waals surface area contributed by atoms with Crippen LogP contribution in [0.25, 0.3) is 0 Å². The molecule has 0 spiro atoms. The summed E-state index contributed by atoms with van der Waals surface area (Å²) in [5.41, 5.74) is 0. The van der Waals surface area contributed by atoms with Gasteiger partial charge in [0.15, 0.2) is 0 Å². The van der Waals surface area contributed by atoms with Crippen LogP contribution in [0.1, 0.15) is 239 Å². The fourth-order valence-electron chi connectivity index (χ4n) is 7.76. The number of aliphatic hydroxyl groups is 2. The number of unbranched alkanes of at least 4 members (excludes halogenated alkanes) is 18. The molecule has 3 N–H and O–H groups in total. The Kier molecular flexibility index (Phi) is 50.7. The maximum Gasteiger partial charge on any atom is 0.306 e. The molecule has 0 aliphatic rings. The number of allylic oxidation sites excluding steroid dienone is 18. The molecule has 3 atom stereocenters. The predicted molar refractivity (Wildman–Crippen MR) is 291 cm³/mol. The van der Waals surface area contributed by atoms with Gasteiger partial charge in [0.25, 0.3) is 0 Å². The van der Waals surface area contributed by atoms with Crippen molar-refractivity contribution in [1.29, 1.82) is 0 Å². The Hall–Kier alpha value is -3.48. The average molecular weight is 930 g/mol. The zero-order valence-corrected chi connectivity index (χ0v) is 43.5. The molecule has 0 saturated carbocycles. The molecule has 382 valence electrons. The standard InChI is InChI=1S/C61H103NO5/c1-4-7-10-13-16-19-22-25-28-30-32-35-38-41-44-47-50-53-59(64)58(56-63)62-60(65)55-57(52-49-46-43-40-37-34-27-24-21-18-15-12-9-6-3)67-61(66)54-51-48-45-42-39-36-33-31-29-26-23-20-17-14-11-8-5-2/h8-9,11-12,17-18,20-21,26-27,29,33-34,36,40,42-43,45,57-59,63-64H,4-7,10,13-16,19,22-25,28,30-32,35,37-39,41,44,46-56H2,1-3H3,(H,62,65)/b11-8-,12-9+,20-17-,21-18+,29-26-,34-27+,36-33-,43-40+,45-42-. The van der Waals surface area contributed by atoms with Crippen LogP contribution in [0.5, 0.6) is 0 Å². The number of amides is 1. The third-order valence-electron chi connectivity index (χ3n) is 11.8. The molecule has 1 amide bonds. The van der Waals surface area contributed by atoms with Crippen molar-refractivity contribution in [3.05, 3.63) is 109 Å². The minimum Gasteiger partial charge on any atom is -0.462 e. The van der Waals surface area contributed by atoms with Crippen molar-refractivity contribution in [3.8, 4) is 0 Å². The van der Waals surface area contributed by atoms with Gasteiger partial charge in [-0.15, -0.1) is 0 Å². The van der Waals surface area contributed by atoms with Gasteiger partial charge in [-0.25, -0.2) is 0 Å². The minimum atomic E-state index is -0.819. The van der Waals surface area contributed by atoms with E-state index in [1.807, 2.05) is 0 Å². The van der Waals surface area contributed by atoms with Crippen molar-refractivity contribution in [2.24, 2.45) is 0 Å². The molecule has 0 fully saturated rings. The average Bonchev–Trinajstić information content (AvgIpc) is 3.32. The van der Waals surface area contributed by atoms with Gasteiger partial charge in [-0.1, -0.05) is 239 Å². The van der Waals surface area contributed by atoms with Gasteiger partial charge in [-0.05, 0) is 96.3 Å². The maximum atomic E-state index is 13.2. The third kappa shape index (κ3) is 48.8. The van der Waals surface area contributed by atoms with Gasteiger partial charge in [0.2, 0.25) is 5.91 Å². The summed E-state index contributed by atoms with van der Waals surface area (Å²) in [5.74, 6) is -0.605. The smallest absolute Gasteiger partial charge is 0.306 e. The van der Waals surface area contributed by atoms with E-state index in [1.165, 1.54) is 89.9 Å². The van der Waals surface area contributed by atoms with Crippen LogP contribution in [-0.4, -0.2) is 46.9 Å². The van der Waals surface area contributed by atoms with Crippen LogP contribution in [0, 0.1) is 0 Å². The summed E-state index contributed by atoms with van der Waals surface area (Å²) in [6.45, 7) is 6.23. The van der Waals surface area contributed by atoms with Crippen molar-refractivity contribution < 1.29 is 24.5 Å². The molecular formula is C61H103NO5. The van der Waals surface area contributed by atoms with Gasteiger partial charge in [-0.2, -0.15) is 0 Å². The Labute approximate surface area is 413 Å². The zero-order valence-electron chi connectivity index (χ0n) is 43.5. The van der Waals surface area contributed by atoms with Gasteiger partial charge in [0.05, 0.1) is 25.2 Å². The number of aliphatic hydroxyl groups excluding tert-OH is 2. The second-order valence-corrected chi connectivity index (χ2v) is 18.2. The molecule has 3 unspecified atom stereocenters. The number of hydrogen-bond donors (Lipinski definition) is 3. The third-order valence-corrected chi connectivity index (χ3v) is 11.8. The van der Waals surface area contributed by atoms with Crippen molar-refractivity contribution in [2.75, 3.05) is 6.61 Å². The highest BCUT2D eigenvalue weighted by Gasteiger charge is 2.24. The van der Waals surface area contributed by atoms with Crippen molar-refractivity contribution in [1.82, 2.24) is 5.32 Å². The van der Waals surface area contributed by atoms with Crippen LogP contribution in [0.4, 0.5) is 0 Å². The Morgan fingerprint density at radius 2 is 0.806 bits per heavy atom. The Bertz CT molecular complexity index is 1370. The Morgan fingerprint density at radius 3 is 1.19 bits per heavy atom. The lowest BCUT2D eigenvalue weighted by atomic mass is 10.0. The summed E-state index contributed by atoms with van der Waals surface area (Å²) < 4.78 is 5.89. The fraction of sp³-hybridized carbons (Fsp3) is 0.672. The van der Waals surface area contributed by atoms with Crippen LogP contribution in [0.15, 0.2) is 109 Å². The van der Waals surface area contributed by atoms with Gasteiger partial charge < -0.3 is 20.3 Å². The highest BCUT2D eigenvalue weighted by molar-refractivity contribution is 5.77. The normalized spacial score (nSPS) is 14.0. The van der Waals surface area contributed by atoms with Gasteiger partial charge >= 0.3 is 5.97 Å². The van der Waals surface area contributed by atoms with Gasteiger partial charge in [-0.3, -0.25) is 9.59 Å². The van der Waals surface area contributed by atoms with Gasteiger partial charge in [0, 0.05) is 6.42 Å². The lowest BCUT2D eigenvalue weighted by Gasteiger charge is -2.24. The van der Waals surface area contributed by atoms with Crippen LogP contribution in [0.3, 0.4) is 0 Å².